The Balaban J connectivity index is 0.000000138. The summed E-state index contributed by atoms with van der Waals surface area (Å²) in [6.45, 7) is 4.24. The summed E-state index contributed by atoms with van der Waals surface area (Å²) in [5.41, 5.74) is 18.4. The molecule has 13 rings (SSSR count). The third-order valence-corrected chi connectivity index (χ3v) is 14.8. The molecule has 1 saturated heterocycles. The van der Waals surface area contributed by atoms with Gasteiger partial charge in [0.05, 0.1) is 66.9 Å². The second-order valence-electron chi connectivity index (χ2n) is 18.9. The number of benzene rings is 2. The van der Waals surface area contributed by atoms with Crippen molar-refractivity contribution >= 4 is 18.1 Å². The van der Waals surface area contributed by atoms with Gasteiger partial charge in [0, 0.05) is 95.2 Å². The van der Waals surface area contributed by atoms with Crippen LogP contribution in [0, 0.1) is 0 Å². The van der Waals surface area contributed by atoms with Gasteiger partial charge in [-0.1, -0.05) is 0 Å². The summed E-state index contributed by atoms with van der Waals surface area (Å²) in [6, 6.07) is 16.1. The molecule has 3 aliphatic heterocycles. The Kier molecular flexibility index (Phi) is 9.39. The van der Waals surface area contributed by atoms with E-state index in [2.05, 4.69) is 54.8 Å². The number of carbonyl (C=O) groups excluding carboxylic acids is 3. The molecule has 330 valence electrons. The van der Waals surface area contributed by atoms with Crippen LogP contribution in [-0.2, 0) is 49.8 Å². The van der Waals surface area contributed by atoms with E-state index < -0.39 is 0 Å². The molecule has 7 heterocycles. The number of methoxy groups -OCH3 is 2. The Morgan fingerprint density at radius 3 is 1.72 bits per heavy atom. The number of aromatic nitrogens is 4. The molecule has 4 N–H and O–H groups in total. The van der Waals surface area contributed by atoms with E-state index in [-0.39, 0.29) is 22.9 Å². The van der Waals surface area contributed by atoms with Gasteiger partial charge in [-0.2, -0.15) is 0 Å². The van der Waals surface area contributed by atoms with Crippen molar-refractivity contribution in [2.45, 2.75) is 81.8 Å². The average molecular weight is 870 g/mol. The lowest BCUT2D eigenvalue weighted by Gasteiger charge is -2.27. The minimum atomic E-state index is -0.0158. The van der Waals surface area contributed by atoms with Crippen LogP contribution in [-0.4, -0.2) is 94.5 Å². The molecule has 13 nitrogen and oxygen atoms in total. The molecule has 2 saturated carbocycles. The van der Waals surface area contributed by atoms with Gasteiger partial charge in [-0.05, 0) is 122 Å². The number of aldehydes is 1. The fourth-order valence-electron chi connectivity index (χ4n) is 11.0. The monoisotopic (exact) mass is 869 g/mol. The molecule has 13 heteroatoms. The van der Waals surface area contributed by atoms with Crippen molar-refractivity contribution in [3.63, 3.8) is 0 Å². The van der Waals surface area contributed by atoms with E-state index in [0.717, 1.165) is 182 Å². The zero-order valence-corrected chi connectivity index (χ0v) is 36.7. The van der Waals surface area contributed by atoms with E-state index in [0.29, 0.717) is 11.3 Å². The number of H-pyrrole nitrogens is 2. The van der Waals surface area contributed by atoms with Crippen LogP contribution in [0.25, 0.3) is 45.0 Å². The number of aryl methyl sites for hydroxylation is 2. The molecular formula is C52H51N7O6. The summed E-state index contributed by atoms with van der Waals surface area (Å²) in [5, 5.41) is 6.50. The van der Waals surface area contributed by atoms with Crippen molar-refractivity contribution in [3.05, 3.63) is 117 Å². The molecule has 0 radical (unpaired) electrons. The molecule has 2 aromatic carbocycles. The van der Waals surface area contributed by atoms with Crippen molar-refractivity contribution in [1.82, 2.24) is 35.5 Å². The van der Waals surface area contributed by atoms with E-state index in [9.17, 15) is 14.4 Å². The Morgan fingerprint density at radius 1 is 0.692 bits per heavy atom. The summed E-state index contributed by atoms with van der Waals surface area (Å²) >= 11 is 0. The molecule has 4 aromatic heterocycles. The molecule has 0 unspecified atom stereocenters. The third kappa shape index (κ3) is 6.94. The van der Waals surface area contributed by atoms with Crippen molar-refractivity contribution in [3.8, 4) is 56.5 Å². The van der Waals surface area contributed by atoms with Crippen molar-refractivity contribution in [2.75, 3.05) is 40.5 Å². The van der Waals surface area contributed by atoms with Gasteiger partial charge in [-0.15, -0.1) is 0 Å². The highest BCUT2D eigenvalue weighted by atomic mass is 16.5. The summed E-state index contributed by atoms with van der Waals surface area (Å²) < 4.78 is 16.4. The number of ether oxygens (including phenoxy) is 3. The van der Waals surface area contributed by atoms with E-state index in [1.165, 1.54) is 22.3 Å². The largest absolute Gasteiger partial charge is 0.496 e. The lowest BCUT2D eigenvalue weighted by Crippen LogP contribution is -2.43. The number of carbonyl (C=O) groups is 3. The standard InChI is InChI=1S/C28H30N4O3.C24H21N3O3/c1-34-24-5-3-17(12-19(24)16-32-8-10-35-11-9-32)22-13-21-18(15-29-22)2-4-20-25-23(30-26(20)21)14-28(6-7-28)31-27(25)33;1-30-20-5-3-13(8-15(20)12-28)18-9-17-14(11-25-18)2-4-16-21-19(26-22(16)17)10-24(6-7-24)27-23(21)29/h3,5,12-13,15,30H,2,4,6-11,14,16H2,1H3,(H,31,33);3,5,8-9,11-12,26H,2,4,6-7,10H2,1H3,(H,27,29). The van der Waals surface area contributed by atoms with Crippen LogP contribution in [0.2, 0.25) is 0 Å². The molecular weight excluding hydrogens is 819 g/mol. The molecule has 2 spiro atoms. The highest BCUT2D eigenvalue weighted by Gasteiger charge is 2.50. The SMILES string of the molecule is COc1ccc(-c2cc3c(cn2)CCc2c-3[nH]c3c2C(=O)NC2(CC2)C3)cc1C=O.COc1ccc(-c2cc3c(cn2)CCc2c-3[nH]c3c2C(=O)NC2(CC2)C3)cc1CN1CCOCC1. The molecule has 4 aliphatic carbocycles. The maximum Gasteiger partial charge on any atom is 0.253 e. The number of aromatic amines is 2. The van der Waals surface area contributed by atoms with Gasteiger partial charge in [0.15, 0.2) is 6.29 Å². The first-order valence-electron chi connectivity index (χ1n) is 23.0. The van der Waals surface area contributed by atoms with Crippen molar-refractivity contribution in [2.24, 2.45) is 0 Å². The summed E-state index contributed by atoms with van der Waals surface area (Å²) in [6.07, 6.45) is 14.3. The maximum atomic E-state index is 13.0. The number of nitrogens with one attached hydrogen (secondary N) is 4. The first-order valence-corrected chi connectivity index (χ1v) is 23.0. The Hall–Kier alpha value is -6.57. The number of fused-ring (bicyclic) bond motifs is 10. The fourth-order valence-corrected chi connectivity index (χ4v) is 11.0. The highest BCUT2D eigenvalue weighted by Crippen LogP contribution is 2.47. The first-order chi connectivity index (χ1) is 31.7. The molecule has 65 heavy (non-hydrogen) atoms. The molecule has 3 fully saturated rings. The quantitative estimate of drug-likeness (QED) is 0.124. The smallest absolute Gasteiger partial charge is 0.253 e. The number of morpholine rings is 1. The number of hydrogen-bond acceptors (Lipinski definition) is 9. The number of rotatable bonds is 7. The van der Waals surface area contributed by atoms with Crippen molar-refractivity contribution in [1.29, 1.82) is 0 Å². The van der Waals surface area contributed by atoms with Crippen LogP contribution < -0.4 is 20.1 Å². The summed E-state index contributed by atoms with van der Waals surface area (Å²) in [7, 11) is 3.28. The summed E-state index contributed by atoms with van der Waals surface area (Å²) in [4.78, 5) is 56.4. The van der Waals surface area contributed by atoms with Crippen LogP contribution in [0.1, 0.15) is 96.0 Å². The zero-order chi connectivity index (χ0) is 44.0. The van der Waals surface area contributed by atoms with Gasteiger partial charge in [-0.25, -0.2) is 0 Å². The van der Waals surface area contributed by atoms with Gasteiger partial charge >= 0.3 is 0 Å². The minimum absolute atomic E-state index is 0.00371. The Bertz CT molecular complexity index is 2970. The molecule has 0 bridgehead atoms. The van der Waals surface area contributed by atoms with Gasteiger partial charge in [-0.3, -0.25) is 29.3 Å². The zero-order valence-electron chi connectivity index (χ0n) is 36.7. The number of hydrogen-bond donors (Lipinski definition) is 4. The normalized spacial score (nSPS) is 18.9. The van der Waals surface area contributed by atoms with Crippen LogP contribution in [0.3, 0.4) is 0 Å². The fraction of sp³-hybridized carbons (Fsp3) is 0.365. The van der Waals surface area contributed by atoms with Crippen LogP contribution in [0.15, 0.2) is 60.9 Å². The lowest BCUT2D eigenvalue weighted by molar-refractivity contribution is 0.0339. The van der Waals surface area contributed by atoms with E-state index in [4.69, 9.17) is 19.2 Å². The Morgan fingerprint density at radius 2 is 1.22 bits per heavy atom. The molecule has 7 aliphatic rings. The molecule has 0 atom stereocenters. The topological polar surface area (TPSA) is 164 Å². The van der Waals surface area contributed by atoms with Crippen LogP contribution in [0.5, 0.6) is 11.5 Å². The van der Waals surface area contributed by atoms with E-state index in [1.807, 2.05) is 24.5 Å². The minimum Gasteiger partial charge on any atom is -0.496 e. The molecule has 6 aromatic rings. The maximum absolute atomic E-state index is 13.0. The third-order valence-electron chi connectivity index (χ3n) is 14.8. The summed E-state index contributed by atoms with van der Waals surface area (Å²) in [5.74, 6) is 1.61. The predicted molar refractivity (Wildman–Crippen MR) is 245 cm³/mol. The van der Waals surface area contributed by atoms with Gasteiger partial charge < -0.3 is 34.8 Å². The van der Waals surface area contributed by atoms with Gasteiger partial charge in [0.1, 0.15) is 11.5 Å². The average Bonchev–Trinajstić information content (AvgIpc) is 4.18. The van der Waals surface area contributed by atoms with Crippen molar-refractivity contribution < 1.29 is 28.6 Å². The predicted octanol–water partition coefficient (Wildman–Crippen LogP) is 6.98. The highest BCUT2D eigenvalue weighted by molar-refractivity contribution is 6.02. The Labute approximate surface area is 376 Å². The lowest BCUT2D eigenvalue weighted by atomic mass is 9.87. The number of amides is 2. The second kappa shape index (κ2) is 15.3. The van der Waals surface area contributed by atoms with Crippen LogP contribution >= 0.6 is 0 Å². The van der Waals surface area contributed by atoms with E-state index >= 15 is 0 Å². The second-order valence-corrected chi connectivity index (χ2v) is 18.9. The van der Waals surface area contributed by atoms with Gasteiger partial charge in [0.25, 0.3) is 11.8 Å². The number of nitrogens with zero attached hydrogens (tertiary/aromatic N) is 3. The molecule has 2 amide bonds. The van der Waals surface area contributed by atoms with Gasteiger partial charge in [0.2, 0.25) is 0 Å². The van der Waals surface area contributed by atoms with Crippen LogP contribution in [0.4, 0.5) is 0 Å². The van der Waals surface area contributed by atoms with E-state index in [1.54, 1.807) is 26.4 Å². The number of pyridine rings is 2. The first kappa shape index (κ1) is 40.0.